The molecule has 404 valence electrons. The predicted molar refractivity (Wildman–Crippen MR) is 271 cm³/mol. The number of pyridine rings is 1. The van der Waals surface area contributed by atoms with Gasteiger partial charge in [0.15, 0.2) is 33.9 Å². The number of hydrogen-bond donors (Lipinski definition) is 9. The van der Waals surface area contributed by atoms with Gasteiger partial charge in [-0.25, -0.2) is 10.1 Å². The normalized spacial score (nSPS) is 9.40. The van der Waals surface area contributed by atoms with E-state index in [9.17, 15) is 28.8 Å². The average Bonchev–Trinajstić information content (AvgIpc) is 3.31. The molecule has 27 heteroatoms. The predicted octanol–water partition coefficient (Wildman–Crippen LogP) is 4.75. The number of aliphatic hydroxyl groups is 3. The molecular weight excluding hydrogens is 1040 g/mol. The van der Waals surface area contributed by atoms with Gasteiger partial charge in [0.2, 0.25) is 36.7 Å². The third-order valence-electron chi connectivity index (χ3n) is 8.07. The summed E-state index contributed by atoms with van der Waals surface area (Å²) in [6.07, 6.45) is 2.89. The Hall–Kier alpha value is -6.32. The van der Waals surface area contributed by atoms with Crippen LogP contribution in [0.5, 0.6) is 23.0 Å². The number of halogens is 3. The minimum absolute atomic E-state index is 0. The van der Waals surface area contributed by atoms with Gasteiger partial charge in [0, 0.05) is 81.6 Å². The lowest BCUT2D eigenvalue weighted by Crippen LogP contribution is -2.18. The SMILES string of the molecule is C.C.CN.Cc1c(CON)n(C)c(C)cc1=O.Cc1cc(=O)c(C)c(CO)o1.Cc1cc(=O)c(O)c(CO)o1.Cc1cc(=O)c(O)co1.O=S(Cl)Cl.O=c1cc(CCl)occ1O.O=c1cc(CO)occ1O. The van der Waals surface area contributed by atoms with Gasteiger partial charge in [0.1, 0.15) is 79.8 Å². The zero-order valence-corrected chi connectivity index (χ0v) is 41.9. The largest absolute Gasteiger partial charge is 0.502 e. The molecular formula is C45H62Cl3N3O20S. The molecule has 6 heterocycles. The zero-order valence-electron chi connectivity index (χ0n) is 38.8. The highest BCUT2D eigenvalue weighted by atomic mass is 36.0. The lowest BCUT2D eigenvalue weighted by Gasteiger charge is -2.13. The first kappa shape index (κ1) is 72.2. The Balaban J connectivity index is -0.000000376. The number of aromatic hydroxyl groups is 4. The highest BCUT2D eigenvalue weighted by Gasteiger charge is 2.09. The van der Waals surface area contributed by atoms with E-state index in [1.54, 1.807) is 40.7 Å². The van der Waals surface area contributed by atoms with Gasteiger partial charge in [-0.05, 0) is 48.6 Å². The smallest absolute Gasteiger partial charge is 0.227 e. The average molecular weight is 1100 g/mol. The molecule has 0 saturated carbocycles. The van der Waals surface area contributed by atoms with E-state index in [-0.39, 0.29) is 68.7 Å². The van der Waals surface area contributed by atoms with Crippen LogP contribution in [0.1, 0.15) is 77.7 Å². The summed E-state index contributed by atoms with van der Waals surface area (Å²) in [5.74, 6) is 5.58. The van der Waals surface area contributed by atoms with Crippen molar-refractivity contribution in [3.8, 4) is 23.0 Å². The summed E-state index contributed by atoms with van der Waals surface area (Å²) < 4.78 is 34.9. The molecule has 0 bridgehead atoms. The lowest BCUT2D eigenvalue weighted by molar-refractivity contribution is 0.118. The molecule has 0 radical (unpaired) electrons. The van der Waals surface area contributed by atoms with Gasteiger partial charge >= 0.3 is 0 Å². The van der Waals surface area contributed by atoms with Crippen molar-refractivity contribution < 1.29 is 66.9 Å². The lowest BCUT2D eigenvalue weighted by atomic mass is 10.2. The van der Waals surface area contributed by atoms with Gasteiger partial charge in [-0.3, -0.25) is 33.6 Å². The second-order valence-electron chi connectivity index (χ2n) is 13.1. The fourth-order valence-corrected chi connectivity index (χ4v) is 4.62. The van der Waals surface area contributed by atoms with Crippen LogP contribution in [0.25, 0.3) is 0 Å². The van der Waals surface area contributed by atoms with Gasteiger partial charge < -0.3 is 68.1 Å². The molecule has 6 aromatic rings. The Bertz CT molecular complexity index is 2800. The summed E-state index contributed by atoms with van der Waals surface area (Å²) in [6, 6.07) is 7.60. The summed E-state index contributed by atoms with van der Waals surface area (Å²) in [7, 11) is 10.7. The highest BCUT2D eigenvalue weighted by molar-refractivity contribution is 8.26. The maximum Gasteiger partial charge on any atom is 0.227 e. The molecule has 0 fully saturated rings. The van der Waals surface area contributed by atoms with Crippen molar-refractivity contribution >= 4 is 42.2 Å². The number of alkyl halides is 1. The minimum Gasteiger partial charge on any atom is -0.502 e. The Kier molecular flexibility index (Phi) is 38.5. The number of aromatic nitrogens is 1. The van der Waals surface area contributed by atoms with Gasteiger partial charge in [-0.1, -0.05) is 14.9 Å². The van der Waals surface area contributed by atoms with Crippen molar-refractivity contribution in [3.63, 3.8) is 0 Å². The third kappa shape index (κ3) is 27.3. The number of nitrogens with two attached hydrogens (primary N) is 2. The second kappa shape index (κ2) is 38.4. The fourth-order valence-electron chi connectivity index (χ4n) is 4.48. The molecule has 72 heavy (non-hydrogen) atoms. The standard InChI is InChI=1S/C9H14N2O2.C8H10O3.C7H8O4.C6H5ClO3.C6H6O4.C6H6O3.CH5N.2CH4.Cl2OS/c1-6-4-9(12)7(2)8(5-13-10)11(6)3;1-5-3-7(10)6(2)8(4-9)11-5;1-4-2-5(9)7(10)6(3-8)11-4;2*7-2-4-1-5(8)6(9)3-10-4;1-4-2-5(7)6(8)3-9-4;1-2;;;1-4(2)3/h4H,5,10H2,1-3H3;3,9H,4H2,1-2H3;2,8,10H,3H2,1H3;1,3,9H,2H2;1,3,7,9H,2H2;2-3,8H,1H3;2H2,1H3;2*1H4;. The molecule has 0 aliphatic heterocycles. The summed E-state index contributed by atoms with van der Waals surface area (Å²) >= 11 is 5.34. The quantitative estimate of drug-likeness (QED) is 0.0617. The van der Waals surface area contributed by atoms with E-state index in [1.807, 2.05) is 18.5 Å². The number of aliphatic hydroxyl groups excluding tert-OH is 3. The monoisotopic (exact) mass is 1100 g/mol. The van der Waals surface area contributed by atoms with Gasteiger partial charge in [-0.2, -0.15) is 0 Å². The molecule has 0 aromatic carbocycles. The molecule has 0 unspecified atom stereocenters. The summed E-state index contributed by atoms with van der Waals surface area (Å²) in [4.78, 5) is 69.5. The van der Waals surface area contributed by atoms with Crippen molar-refractivity contribution in [2.24, 2.45) is 18.7 Å². The molecule has 0 spiro atoms. The number of hydrogen-bond acceptors (Lipinski definition) is 22. The van der Waals surface area contributed by atoms with Crippen LogP contribution >= 0.6 is 33.0 Å². The Labute approximate surface area is 428 Å². The fraction of sp³-hybridized carbons (Fsp3) is 0.333. The van der Waals surface area contributed by atoms with Crippen molar-refractivity contribution in [3.05, 3.63) is 179 Å². The van der Waals surface area contributed by atoms with E-state index < -0.39 is 54.8 Å². The van der Waals surface area contributed by atoms with Crippen molar-refractivity contribution in [2.75, 3.05) is 7.05 Å². The third-order valence-corrected chi connectivity index (χ3v) is 8.33. The van der Waals surface area contributed by atoms with Gasteiger partial charge in [0.25, 0.3) is 0 Å². The van der Waals surface area contributed by atoms with E-state index in [0.29, 0.717) is 39.9 Å². The van der Waals surface area contributed by atoms with Crippen LogP contribution in [-0.2, 0) is 53.4 Å². The van der Waals surface area contributed by atoms with Crippen LogP contribution in [0.3, 0.4) is 0 Å². The van der Waals surface area contributed by atoms with E-state index in [0.717, 1.165) is 48.4 Å². The summed E-state index contributed by atoms with van der Waals surface area (Å²) in [6.45, 7) is 9.41. The van der Waals surface area contributed by atoms with Crippen molar-refractivity contribution in [1.82, 2.24) is 4.57 Å². The molecule has 23 nitrogen and oxygen atoms in total. The summed E-state index contributed by atoms with van der Waals surface area (Å²) in [5, 5.41) is 60.7. The van der Waals surface area contributed by atoms with Gasteiger partial charge in [0.05, 0.1) is 11.6 Å². The first-order valence-corrected chi connectivity index (χ1v) is 22.6. The van der Waals surface area contributed by atoms with Crippen LogP contribution in [0.2, 0.25) is 0 Å². The van der Waals surface area contributed by atoms with E-state index >= 15 is 0 Å². The number of rotatable bonds is 6. The Morgan fingerprint density at radius 2 is 0.972 bits per heavy atom. The Morgan fingerprint density at radius 1 is 0.583 bits per heavy atom. The first-order chi connectivity index (χ1) is 32.8. The second-order valence-corrected chi connectivity index (χ2v) is 15.9. The minimum atomic E-state index is -1.67. The summed E-state index contributed by atoms with van der Waals surface area (Å²) in [5.41, 5.74) is 5.40. The van der Waals surface area contributed by atoms with Crippen molar-refractivity contribution in [2.45, 2.75) is 88.7 Å². The van der Waals surface area contributed by atoms with E-state index in [2.05, 4.69) is 40.8 Å². The van der Waals surface area contributed by atoms with E-state index in [4.69, 9.17) is 70.7 Å². The van der Waals surface area contributed by atoms with Crippen LogP contribution in [0.4, 0.5) is 0 Å². The molecule has 6 rings (SSSR count). The van der Waals surface area contributed by atoms with Gasteiger partial charge in [-0.15, -0.1) is 11.6 Å². The maximum absolute atomic E-state index is 11.4. The maximum atomic E-state index is 11.4. The number of aryl methyl sites for hydroxylation is 4. The molecule has 6 aromatic heterocycles. The number of nitrogens with zero attached hydrogens (tertiary/aromatic N) is 1. The van der Waals surface area contributed by atoms with Crippen LogP contribution in [0, 0.1) is 41.5 Å². The van der Waals surface area contributed by atoms with Crippen LogP contribution < -0.4 is 44.2 Å². The molecule has 0 saturated heterocycles. The highest BCUT2D eigenvalue weighted by Crippen LogP contribution is 2.12. The zero-order chi connectivity index (χ0) is 54.4. The first-order valence-electron chi connectivity index (χ1n) is 19.3. The Morgan fingerprint density at radius 3 is 1.38 bits per heavy atom. The molecule has 11 N–H and O–H groups in total. The van der Waals surface area contributed by atoms with Crippen LogP contribution in [-0.4, -0.2) is 51.6 Å². The molecule has 0 amide bonds. The molecule has 0 aliphatic carbocycles. The van der Waals surface area contributed by atoms with Crippen molar-refractivity contribution in [1.29, 1.82) is 0 Å². The topological polar surface area (TPSA) is 393 Å². The van der Waals surface area contributed by atoms with E-state index in [1.165, 1.54) is 19.2 Å². The van der Waals surface area contributed by atoms with Crippen LogP contribution in [0.15, 0.2) is 106 Å². The molecule has 0 aliphatic rings. The molecule has 0 atom stereocenters.